The zero-order valence-electron chi connectivity index (χ0n) is 20.9. The Morgan fingerprint density at radius 1 is 0.949 bits per heavy atom. The number of hydrogen-bond acceptors (Lipinski definition) is 6. The molecule has 0 bridgehead atoms. The summed E-state index contributed by atoms with van der Waals surface area (Å²) in [5, 5.41) is 6.44. The molecule has 7 nitrogen and oxygen atoms in total. The van der Waals surface area contributed by atoms with E-state index in [1.165, 1.54) is 4.68 Å². The van der Waals surface area contributed by atoms with Crippen LogP contribution < -0.4 is 15.0 Å². The first-order valence-electron chi connectivity index (χ1n) is 12.2. The molecule has 0 aliphatic carbocycles. The van der Waals surface area contributed by atoms with Crippen molar-refractivity contribution in [2.24, 2.45) is 5.10 Å². The maximum Gasteiger partial charge on any atom is 0.282 e. The van der Waals surface area contributed by atoms with Crippen LogP contribution in [0.2, 0.25) is 5.02 Å². The third kappa shape index (κ3) is 5.00. The normalized spacial score (nSPS) is 11.4. The van der Waals surface area contributed by atoms with E-state index in [0.717, 1.165) is 16.5 Å². The Morgan fingerprint density at radius 2 is 1.74 bits per heavy atom. The van der Waals surface area contributed by atoms with E-state index in [-0.39, 0.29) is 11.4 Å². The average molecular weight is 536 g/mol. The molecule has 4 aromatic carbocycles. The third-order valence-corrected chi connectivity index (χ3v) is 6.49. The van der Waals surface area contributed by atoms with Crippen molar-refractivity contribution in [2.45, 2.75) is 6.61 Å². The van der Waals surface area contributed by atoms with Crippen molar-refractivity contribution in [3.8, 4) is 23.1 Å². The number of halogens is 1. The molecule has 8 heteroatoms. The van der Waals surface area contributed by atoms with Gasteiger partial charge in [-0.3, -0.25) is 4.79 Å². The van der Waals surface area contributed by atoms with Crippen LogP contribution in [0, 0.1) is 0 Å². The predicted octanol–water partition coefficient (Wildman–Crippen LogP) is 6.93. The second-order valence-corrected chi connectivity index (χ2v) is 9.22. The Labute approximate surface area is 228 Å². The summed E-state index contributed by atoms with van der Waals surface area (Å²) >= 11 is 5.95. The second-order valence-electron chi connectivity index (χ2n) is 8.78. The second kappa shape index (κ2) is 10.5. The lowest BCUT2D eigenvalue weighted by molar-refractivity contribution is 0.306. The summed E-state index contributed by atoms with van der Waals surface area (Å²) < 4.78 is 18.7. The van der Waals surface area contributed by atoms with Crippen LogP contribution in [0.3, 0.4) is 0 Å². The Morgan fingerprint density at radius 3 is 2.54 bits per heavy atom. The van der Waals surface area contributed by atoms with Gasteiger partial charge in [0.1, 0.15) is 23.7 Å². The van der Waals surface area contributed by atoms with Crippen LogP contribution in [0.5, 0.6) is 11.5 Å². The minimum absolute atomic E-state index is 0.288. The van der Waals surface area contributed by atoms with E-state index < -0.39 is 0 Å². The fourth-order valence-electron chi connectivity index (χ4n) is 4.23. The van der Waals surface area contributed by atoms with Crippen molar-refractivity contribution in [1.82, 2.24) is 9.66 Å². The molecule has 0 radical (unpaired) electrons. The molecule has 39 heavy (non-hydrogen) atoms. The van der Waals surface area contributed by atoms with Crippen LogP contribution in [0.1, 0.15) is 11.1 Å². The molecular weight excluding hydrogens is 514 g/mol. The quantitative estimate of drug-likeness (QED) is 0.207. The Hall–Kier alpha value is -4.88. The molecule has 0 aliphatic rings. The minimum Gasteiger partial charge on any atom is -0.496 e. The van der Waals surface area contributed by atoms with Crippen molar-refractivity contribution in [3.05, 3.63) is 124 Å². The highest BCUT2D eigenvalue weighted by molar-refractivity contribution is 6.30. The van der Waals surface area contributed by atoms with Gasteiger partial charge in [0, 0.05) is 5.02 Å². The summed E-state index contributed by atoms with van der Waals surface area (Å²) in [5.74, 6) is 2.07. The Kier molecular flexibility index (Phi) is 6.57. The highest BCUT2D eigenvalue weighted by Gasteiger charge is 2.17. The maximum absolute atomic E-state index is 13.5. The molecule has 6 rings (SSSR count). The van der Waals surface area contributed by atoms with E-state index in [1.807, 2.05) is 78.9 Å². The van der Waals surface area contributed by atoms with Gasteiger partial charge in [0.05, 0.1) is 29.6 Å². The van der Waals surface area contributed by atoms with Crippen molar-refractivity contribution in [2.75, 3.05) is 7.11 Å². The van der Waals surface area contributed by atoms with Gasteiger partial charge in [0.25, 0.3) is 5.56 Å². The molecule has 2 aromatic heterocycles. The molecule has 0 unspecified atom stereocenters. The lowest BCUT2D eigenvalue weighted by Crippen LogP contribution is -2.20. The van der Waals surface area contributed by atoms with Crippen LogP contribution in [-0.4, -0.2) is 23.0 Å². The summed E-state index contributed by atoms with van der Waals surface area (Å²) in [4.78, 5) is 18.2. The largest absolute Gasteiger partial charge is 0.496 e. The SMILES string of the molecule is COc1cccc2oc(-c3nc4ccccc4c(=O)n3N=Cc3ccc(OCc4ccc(Cl)cc4)cc3)cc12. The van der Waals surface area contributed by atoms with E-state index in [9.17, 15) is 4.79 Å². The van der Waals surface area contributed by atoms with Crippen LogP contribution >= 0.6 is 11.6 Å². The Balaban J connectivity index is 1.33. The van der Waals surface area contributed by atoms with Crippen LogP contribution in [0.4, 0.5) is 0 Å². The number of hydrogen-bond donors (Lipinski definition) is 0. The number of rotatable bonds is 7. The number of fused-ring (bicyclic) bond motifs is 2. The number of ether oxygens (including phenoxy) is 2. The van der Waals surface area contributed by atoms with Crippen LogP contribution in [-0.2, 0) is 6.61 Å². The van der Waals surface area contributed by atoms with Crippen molar-refractivity contribution in [3.63, 3.8) is 0 Å². The van der Waals surface area contributed by atoms with E-state index in [4.69, 9.17) is 30.5 Å². The maximum atomic E-state index is 13.5. The fraction of sp³-hybridized carbons (Fsp3) is 0.0645. The van der Waals surface area contributed by atoms with Gasteiger partial charge in [-0.15, -0.1) is 0 Å². The number of nitrogens with zero attached hydrogens (tertiary/aromatic N) is 3. The van der Waals surface area contributed by atoms with Crippen LogP contribution in [0.15, 0.2) is 111 Å². The summed E-state index contributed by atoms with van der Waals surface area (Å²) in [6.45, 7) is 0.425. The first kappa shape index (κ1) is 24.5. The highest BCUT2D eigenvalue weighted by atomic mass is 35.5. The number of aromatic nitrogens is 2. The molecule has 0 saturated heterocycles. The third-order valence-electron chi connectivity index (χ3n) is 6.24. The van der Waals surface area contributed by atoms with Gasteiger partial charge in [0.2, 0.25) is 5.82 Å². The van der Waals surface area contributed by atoms with Gasteiger partial charge in [-0.05, 0) is 77.9 Å². The van der Waals surface area contributed by atoms with E-state index >= 15 is 0 Å². The van der Waals surface area contributed by atoms with Gasteiger partial charge in [-0.25, -0.2) is 4.98 Å². The molecule has 6 aromatic rings. The van der Waals surface area contributed by atoms with Gasteiger partial charge in [0.15, 0.2) is 5.76 Å². The van der Waals surface area contributed by atoms with E-state index in [0.29, 0.717) is 45.4 Å². The number of furan rings is 1. The highest BCUT2D eigenvalue weighted by Crippen LogP contribution is 2.32. The Bertz CT molecular complexity index is 1870. The molecule has 0 fully saturated rings. The summed E-state index contributed by atoms with van der Waals surface area (Å²) in [5.41, 5.74) is 2.67. The van der Waals surface area contributed by atoms with Crippen LogP contribution in [0.25, 0.3) is 33.5 Å². The fourth-order valence-corrected chi connectivity index (χ4v) is 4.36. The first-order valence-corrected chi connectivity index (χ1v) is 12.6. The smallest absolute Gasteiger partial charge is 0.282 e. The molecule has 0 saturated carbocycles. The standard InChI is InChI=1S/C31H22ClN3O4/c1-37-27-7-4-8-28-25(27)17-29(39-28)30-34-26-6-3-2-5-24(26)31(36)35(30)33-18-20-11-15-23(16-12-20)38-19-21-9-13-22(32)14-10-21/h2-18H,19H2,1H3. The summed E-state index contributed by atoms with van der Waals surface area (Å²) in [6, 6.07) is 29.5. The van der Waals surface area contributed by atoms with Crippen molar-refractivity contribution >= 4 is 39.7 Å². The summed E-state index contributed by atoms with van der Waals surface area (Å²) in [7, 11) is 1.60. The first-order chi connectivity index (χ1) is 19.1. The van der Waals surface area contributed by atoms with Gasteiger partial charge in [-0.2, -0.15) is 9.78 Å². The molecule has 0 spiro atoms. The zero-order valence-corrected chi connectivity index (χ0v) is 21.6. The van der Waals surface area contributed by atoms with Gasteiger partial charge in [-0.1, -0.05) is 41.9 Å². The minimum atomic E-state index is -0.304. The lowest BCUT2D eigenvalue weighted by Gasteiger charge is -2.08. The monoisotopic (exact) mass is 535 g/mol. The van der Waals surface area contributed by atoms with E-state index in [2.05, 4.69) is 5.10 Å². The molecule has 2 heterocycles. The average Bonchev–Trinajstić information content (AvgIpc) is 3.41. The van der Waals surface area contributed by atoms with E-state index in [1.54, 1.807) is 31.5 Å². The number of benzene rings is 4. The van der Waals surface area contributed by atoms with Gasteiger partial charge < -0.3 is 13.9 Å². The molecule has 0 atom stereocenters. The molecule has 0 aliphatic heterocycles. The predicted molar refractivity (Wildman–Crippen MR) is 153 cm³/mol. The zero-order chi connectivity index (χ0) is 26.8. The molecule has 192 valence electrons. The molecule has 0 amide bonds. The van der Waals surface area contributed by atoms with Crippen molar-refractivity contribution < 1.29 is 13.9 Å². The van der Waals surface area contributed by atoms with Crippen molar-refractivity contribution in [1.29, 1.82) is 0 Å². The topological polar surface area (TPSA) is 78.9 Å². The number of para-hydroxylation sites is 1. The number of methoxy groups -OCH3 is 1. The molecule has 0 N–H and O–H groups in total. The van der Waals surface area contributed by atoms with Gasteiger partial charge >= 0.3 is 0 Å². The lowest BCUT2D eigenvalue weighted by atomic mass is 10.2. The molecular formula is C31H22ClN3O4. The summed E-state index contributed by atoms with van der Waals surface area (Å²) in [6.07, 6.45) is 1.60.